The molecule has 0 unspecified atom stereocenters. The zero-order chi connectivity index (χ0) is 16.8. The van der Waals surface area contributed by atoms with Crippen molar-refractivity contribution in [2.45, 2.75) is 20.8 Å². The van der Waals surface area contributed by atoms with Gasteiger partial charge in [0.15, 0.2) is 17.3 Å². The second kappa shape index (κ2) is 5.40. The third kappa shape index (κ3) is 2.44. The van der Waals surface area contributed by atoms with E-state index in [1.54, 1.807) is 10.9 Å². The van der Waals surface area contributed by atoms with Crippen LogP contribution in [0.2, 0.25) is 0 Å². The van der Waals surface area contributed by atoms with Gasteiger partial charge in [-0.25, -0.2) is 14.2 Å². The first-order chi connectivity index (χ1) is 11.5. The van der Waals surface area contributed by atoms with Crippen molar-refractivity contribution in [3.63, 3.8) is 0 Å². The number of hydrogen-bond acceptors (Lipinski definition) is 6. The highest BCUT2D eigenvalue weighted by Gasteiger charge is 2.26. The second-order valence-corrected chi connectivity index (χ2v) is 6.43. The van der Waals surface area contributed by atoms with E-state index in [4.69, 9.17) is 0 Å². The van der Waals surface area contributed by atoms with E-state index in [0.29, 0.717) is 5.82 Å². The molecule has 3 aromatic heterocycles. The topological polar surface area (TPSA) is 77.0 Å². The average molecular weight is 324 g/mol. The molecule has 8 heteroatoms. The van der Waals surface area contributed by atoms with Crippen LogP contribution in [0, 0.1) is 19.8 Å². The fourth-order valence-corrected chi connectivity index (χ4v) is 2.85. The summed E-state index contributed by atoms with van der Waals surface area (Å²) in [5, 5.41) is 8.98. The molecule has 4 rings (SSSR count). The SMILES string of the molecule is Cc1ncc(C)n2nc(/C=C/c3nc(N4CC(C)C4)nn3C)nc12. The Bertz CT molecular complexity index is 890. The van der Waals surface area contributed by atoms with Crippen LogP contribution in [-0.2, 0) is 7.05 Å². The maximum Gasteiger partial charge on any atom is 0.245 e. The molecule has 1 saturated heterocycles. The number of aryl methyl sites for hydroxylation is 3. The molecule has 1 aliphatic heterocycles. The van der Waals surface area contributed by atoms with Crippen molar-refractivity contribution >= 4 is 23.7 Å². The number of hydrogen-bond donors (Lipinski definition) is 0. The van der Waals surface area contributed by atoms with E-state index in [2.05, 4.69) is 37.0 Å². The molecule has 0 bridgehead atoms. The summed E-state index contributed by atoms with van der Waals surface area (Å²) in [6, 6.07) is 0. The van der Waals surface area contributed by atoms with Crippen molar-refractivity contribution in [2.24, 2.45) is 13.0 Å². The Morgan fingerprint density at radius 2 is 1.92 bits per heavy atom. The van der Waals surface area contributed by atoms with Gasteiger partial charge in [-0.2, -0.15) is 4.98 Å². The van der Waals surface area contributed by atoms with Gasteiger partial charge in [-0.15, -0.1) is 10.2 Å². The van der Waals surface area contributed by atoms with Gasteiger partial charge in [0.1, 0.15) is 0 Å². The molecule has 0 aliphatic carbocycles. The van der Waals surface area contributed by atoms with Crippen molar-refractivity contribution < 1.29 is 0 Å². The molecule has 0 spiro atoms. The summed E-state index contributed by atoms with van der Waals surface area (Å²) in [6.07, 6.45) is 5.55. The van der Waals surface area contributed by atoms with Crippen LogP contribution >= 0.6 is 0 Å². The van der Waals surface area contributed by atoms with E-state index < -0.39 is 0 Å². The number of rotatable bonds is 3. The van der Waals surface area contributed by atoms with Crippen molar-refractivity contribution in [1.29, 1.82) is 0 Å². The lowest BCUT2D eigenvalue weighted by Gasteiger charge is -2.36. The van der Waals surface area contributed by atoms with E-state index in [1.807, 2.05) is 37.6 Å². The summed E-state index contributed by atoms with van der Waals surface area (Å²) in [6.45, 7) is 8.16. The molecule has 0 saturated carbocycles. The fraction of sp³-hybridized carbons (Fsp3) is 0.438. The molecule has 0 N–H and O–H groups in total. The maximum absolute atomic E-state index is 4.59. The molecule has 1 fully saturated rings. The van der Waals surface area contributed by atoms with Crippen LogP contribution in [0.15, 0.2) is 6.20 Å². The van der Waals surface area contributed by atoms with E-state index in [9.17, 15) is 0 Å². The van der Waals surface area contributed by atoms with Crippen LogP contribution in [-0.4, -0.2) is 47.4 Å². The van der Waals surface area contributed by atoms with E-state index in [0.717, 1.165) is 47.8 Å². The first kappa shape index (κ1) is 14.8. The summed E-state index contributed by atoms with van der Waals surface area (Å²) in [4.78, 5) is 15.6. The molecular formula is C16H20N8. The molecule has 0 aromatic carbocycles. The molecule has 124 valence electrons. The average Bonchev–Trinajstić information content (AvgIpc) is 3.10. The van der Waals surface area contributed by atoms with Gasteiger partial charge in [-0.3, -0.25) is 4.98 Å². The van der Waals surface area contributed by atoms with Crippen LogP contribution in [0.1, 0.15) is 30.0 Å². The minimum atomic E-state index is 0.635. The summed E-state index contributed by atoms with van der Waals surface area (Å²) in [5.41, 5.74) is 2.60. The minimum absolute atomic E-state index is 0.635. The lowest BCUT2D eigenvalue weighted by Crippen LogP contribution is -2.45. The largest absolute Gasteiger partial charge is 0.339 e. The van der Waals surface area contributed by atoms with Crippen molar-refractivity contribution in [1.82, 2.24) is 34.3 Å². The van der Waals surface area contributed by atoms with Crippen molar-refractivity contribution in [3.05, 3.63) is 29.2 Å². The molecule has 24 heavy (non-hydrogen) atoms. The highest BCUT2D eigenvalue weighted by Crippen LogP contribution is 2.21. The Balaban J connectivity index is 1.61. The third-order valence-corrected chi connectivity index (χ3v) is 4.24. The number of nitrogens with zero attached hydrogens (tertiary/aromatic N) is 8. The predicted octanol–water partition coefficient (Wildman–Crippen LogP) is 1.50. The molecule has 3 aromatic rings. The molecule has 0 atom stereocenters. The van der Waals surface area contributed by atoms with Crippen LogP contribution in [0.5, 0.6) is 0 Å². The summed E-state index contributed by atoms with van der Waals surface area (Å²) < 4.78 is 3.59. The zero-order valence-corrected chi connectivity index (χ0v) is 14.3. The first-order valence-electron chi connectivity index (χ1n) is 8.04. The van der Waals surface area contributed by atoms with Gasteiger partial charge >= 0.3 is 0 Å². The van der Waals surface area contributed by atoms with Gasteiger partial charge in [-0.1, -0.05) is 6.92 Å². The van der Waals surface area contributed by atoms with Crippen LogP contribution in [0.25, 0.3) is 17.8 Å². The molecular weight excluding hydrogens is 304 g/mol. The summed E-state index contributed by atoms with van der Waals surface area (Å²) in [7, 11) is 1.90. The van der Waals surface area contributed by atoms with Crippen molar-refractivity contribution in [2.75, 3.05) is 18.0 Å². The fourth-order valence-electron chi connectivity index (χ4n) is 2.85. The maximum atomic E-state index is 4.59. The second-order valence-electron chi connectivity index (χ2n) is 6.43. The summed E-state index contributed by atoms with van der Waals surface area (Å²) in [5.74, 6) is 2.93. The molecule has 4 heterocycles. The van der Waals surface area contributed by atoms with Gasteiger partial charge in [0.25, 0.3) is 0 Å². The van der Waals surface area contributed by atoms with Crippen molar-refractivity contribution in [3.8, 4) is 0 Å². The quantitative estimate of drug-likeness (QED) is 0.726. The number of fused-ring (bicyclic) bond motifs is 1. The van der Waals surface area contributed by atoms with Gasteiger partial charge in [-0.05, 0) is 31.9 Å². The number of aromatic nitrogens is 7. The lowest BCUT2D eigenvalue weighted by atomic mass is 10.0. The number of anilines is 1. The monoisotopic (exact) mass is 324 g/mol. The Labute approximate surface area is 139 Å². The molecule has 1 aliphatic rings. The Morgan fingerprint density at radius 1 is 1.12 bits per heavy atom. The smallest absolute Gasteiger partial charge is 0.245 e. The van der Waals surface area contributed by atoms with Gasteiger partial charge in [0.05, 0.1) is 11.4 Å². The highest BCUT2D eigenvalue weighted by molar-refractivity contribution is 5.65. The first-order valence-corrected chi connectivity index (χ1v) is 8.04. The molecule has 8 nitrogen and oxygen atoms in total. The van der Waals surface area contributed by atoms with Gasteiger partial charge in [0, 0.05) is 26.3 Å². The van der Waals surface area contributed by atoms with Gasteiger partial charge < -0.3 is 4.90 Å². The van der Waals surface area contributed by atoms with E-state index >= 15 is 0 Å². The standard InChI is InChI=1S/C16H20N8/c1-10-8-23(9-10)16-19-14(22(4)21-16)6-5-13-18-15-12(3)17-7-11(2)24(15)20-13/h5-7,10H,8-9H2,1-4H3/b6-5+. The Kier molecular flexibility index (Phi) is 3.33. The third-order valence-electron chi connectivity index (χ3n) is 4.24. The predicted molar refractivity (Wildman–Crippen MR) is 91.6 cm³/mol. The Morgan fingerprint density at radius 3 is 2.62 bits per heavy atom. The van der Waals surface area contributed by atoms with E-state index in [-0.39, 0.29) is 0 Å². The van der Waals surface area contributed by atoms with E-state index in [1.165, 1.54) is 0 Å². The normalized spacial score (nSPS) is 15.6. The molecule has 0 radical (unpaired) electrons. The lowest BCUT2D eigenvalue weighted by molar-refractivity contribution is 0.438. The van der Waals surface area contributed by atoms with Crippen LogP contribution < -0.4 is 4.90 Å². The zero-order valence-electron chi connectivity index (χ0n) is 14.3. The van der Waals surface area contributed by atoms with Crippen LogP contribution in [0.3, 0.4) is 0 Å². The minimum Gasteiger partial charge on any atom is -0.339 e. The van der Waals surface area contributed by atoms with Gasteiger partial charge in [0.2, 0.25) is 5.95 Å². The highest BCUT2D eigenvalue weighted by atomic mass is 15.4. The van der Waals surface area contributed by atoms with Crippen LogP contribution in [0.4, 0.5) is 5.95 Å². The Hall–Kier alpha value is -2.77. The molecule has 0 amide bonds. The summed E-state index contributed by atoms with van der Waals surface area (Å²) >= 11 is 0.